The number of phenolic OH excluding ortho intramolecular Hbond substituents is 1. The van der Waals surface area contributed by atoms with Crippen molar-refractivity contribution < 1.29 is 14.3 Å². The van der Waals surface area contributed by atoms with Crippen molar-refractivity contribution in [3.05, 3.63) is 47.4 Å². The first-order valence-electron chi connectivity index (χ1n) is 12.3. The van der Waals surface area contributed by atoms with Crippen molar-refractivity contribution in [2.24, 2.45) is 5.41 Å². The summed E-state index contributed by atoms with van der Waals surface area (Å²) in [5.41, 5.74) is 0.436. The molecule has 10 nitrogen and oxygen atoms in total. The average molecular weight is 492 g/mol. The molecule has 36 heavy (non-hydrogen) atoms. The Morgan fingerprint density at radius 1 is 1.08 bits per heavy atom. The van der Waals surface area contributed by atoms with Gasteiger partial charge < -0.3 is 35.7 Å². The topological polar surface area (TPSA) is 128 Å². The normalized spacial score (nSPS) is 15.7. The van der Waals surface area contributed by atoms with Gasteiger partial charge in [0.25, 0.3) is 5.91 Å². The molecule has 10 heteroatoms. The van der Waals surface area contributed by atoms with Gasteiger partial charge >= 0.3 is 0 Å². The number of hydrogen-bond acceptors (Lipinski definition) is 9. The SMILES string of the molecule is Cc1ccc([C@H](Nc2nc3c(nc2Nc2cccc(C(=O)N4CCCC4)c2O)NCN3)C(C)(C)C)o1. The van der Waals surface area contributed by atoms with Gasteiger partial charge in [-0.25, -0.2) is 9.97 Å². The number of aryl methyl sites for hydroxylation is 1. The number of carbonyl (C=O) groups excluding carboxylic acids is 1. The van der Waals surface area contributed by atoms with Gasteiger partial charge in [0.15, 0.2) is 29.0 Å². The second-order valence-electron chi connectivity index (χ2n) is 10.4. The zero-order chi connectivity index (χ0) is 25.4. The predicted octanol–water partition coefficient (Wildman–Crippen LogP) is 5.06. The number of nitrogens with zero attached hydrogens (tertiary/aromatic N) is 3. The average Bonchev–Trinajstić information content (AvgIpc) is 3.59. The Morgan fingerprint density at radius 2 is 1.78 bits per heavy atom. The number of hydrogen-bond donors (Lipinski definition) is 5. The number of anilines is 5. The van der Waals surface area contributed by atoms with E-state index in [1.165, 1.54) is 0 Å². The molecule has 190 valence electrons. The molecule has 4 heterocycles. The number of para-hydroxylation sites is 1. The Hall–Kier alpha value is -3.95. The zero-order valence-corrected chi connectivity index (χ0v) is 21.1. The molecule has 1 fully saturated rings. The Bertz CT molecular complexity index is 1280. The van der Waals surface area contributed by atoms with E-state index in [0.717, 1.165) is 24.4 Å². The Morgan fingerprint density at radius 3 is 2.42 bits per heavy atom. The van der Waals surface area contributed by atoms with Crippen LogP contribution in [0.3, 0.4) is 0 Å². The number of furan rings is 1. The molecule has 3 aromatic rings. The molecule has 1 amide bonds. The highest BCUT2D eigenvalue weighted by Crippen LogP contribution is 2.40. The first kappa shape index (κ1) is 23.8. The summed E-state index contributed by atoms with van der Waals surface area (Å²) in [6.07, 6.45) is 1.96. The van der Waals surface area contributed by atoms with Gasteiger partial charge in [-0.1, -0.05) is 26.8 Å². The summed E-state index contributed by atoms with van der Waals surface area (Å²) < 4.78 is 5.96. The van der Waals surface area contributed by atoms with Crippen molar-refractivity contribution in [2.45, 2.75) is 46.6 Å². The number of rotatable bonds is 6. The van der Waals surface area contributed by atoms with Gasteiger partial charge in [0.1, 0.15) is 11.5 Å². The van der Waals surface area contributed by atoms with E-state index in [-0.39, 0.29) is 28.7 Å². The number of nitrogens with one attached hydrogen (secondary N) is 4. The summed E-state index contributed by atoms with van der Waals surface area (Å²) in [6, 6.07) is 8.82. The molecule has 0 radical (unpaired) electrons. The summed E-state index contributed by atoms with van der Waals surface area (Å²) in [5, 5.41) is 24.1. The minimum absolute atomic E-state index is 0.109. The van der Waals surface area contributed by atoms with E-state index < -0.39 is 0 Å². The highest BCUT2D eigenvalue weighted by molar-refractivity contribution is 5.99. The first-order chi connectivity index (χ1) is 17.2. The van der Waals surface area contributed by atoms with Gasteiger partial charge in [-0.3, -0.25) is 4.79 Å². The second-order valence-corrected chi connectivity index (χ2v) is 10.4. The molecule has 2 aromatic heterocycles. The summed E-state index contributed by atoms with van der Waals surface area (Å²) in [7, 11) is 0. The molecule has 1 atom stereocenters. The van der Waals surface area contributed by atoms with Gasteiger partial charge in [0.2, 0.25) is 0 Å². The fourth-order valence-corrected chi connectivity index (χ4v) is 4.58. The molecule has 5 rings (SSSR count). The van der Waals surface area contributed by atoms with Crippen LogP contribution in [0.5, 0.6) is 5.75 Å². The molecule has 0 spiro atoms. The fourth-order valence-electron chi connectivity index (χ4n) is 4.58. The van der Waals surface area contributed by atoms with Crippen LogP contribution < -0.4 is 21.3 Å². The van der Waals surface area contributed by atoms with Crippen LogP contribution in [0.1, 0.15) is 61.5 Å². The van der Waals surface area contributed by atoms with Crippen molar-refractivity contribution >= 4 is 34.9 Å². The molecule has 0 unspecified atom stereocenters. The second kappa shape index (κ2) is 9.25. The van der Waals surface area contributed by atoms with Crippen LogP contribution in [0.15, 0.2) is 34.7 Å². The lowest BCUT2D eigenvalue weighted by atomic mass is 9.85. The smallest absolute Gasteiger partial charge is 0.257 e. The summed E-state index contributed by atoms with van der Waals surface area (Å²) >= 11 is 0. The number of amides is 1. The number of benzene rings is 1. The zero-order valence-electron chi connectivity index (χ0n) is 21.1. The van der Waals surface area contributed by atoms with Crippen molar-refractivity contribution in [3.8, 4) is 5.75 Å². The van der Waals surface area contributed by atoms with Crippen molar-refractivity contribution in [1.82, 2.24) is 14.9 Å². The standard InChI is InChI=1S/C26H33N7O3/c1-15-10-11-18(36-15)20(26(2,3)4)30-24-23(31-21-22(32-24)28-14-27-21)29-17-9-7-8-16(19(17)34)25(35)33-12-5-6-13-33/h7-11,20,34H,5-6,12-14H2,1-4H3,(H2,27,29,31)(H2,28,30,32)/t20-/m0/s1. The Labute approximate surface area is 210 Å². The maximum absolute atomic E-state index is 13.0. The molecule has 0 aliphatic carbocycles. The van der Waals surface area contributed by atoms with E-state index in [9.17, 15) is 9.90 Å². The van der Waals surface area contributed by atoms with Crippen LogP contribution in [0.2, 0.25) is 0 Å². The van der Waals surface area contributed by atoms with Crippen LogP contribution in [0, 0.1) is 12.3 Å². The fraction of sp³-hybridized carbons (Fsp3) is 0.423. The number of likely N-dealkylation sites (tertiary alicyclic amines) is 1. The Balaban J connectivity index is 1.50. The largest absolute Gasteiger partial charge is 0.505 e. The maximum Gasteiger partial charge on any atom is 0.257 e. The molecule has 1 aromatic carbocycles. The predicted molar refractivity (Wildman–Crippen MR) is 140 cm³/mol. The van der Waals surface area contributed by atoms with Crippen LogP contribution in [-0.2, 0) is 0 Å². The van der Waals surface area contributed by atoms with Crippen molar-refractivity contribution in [2.75, 3.05) is 41.0 Å². The lowest BCUT2D eigenvalue weighted by Crippen LogP contribution is -2.27. The Kier molecular flexibility index (Phi) is 6.11. The summed E-state index contributed by atoms with van der Waals surface area (Å²) in [5.74, 6) is 3.50. The molecule has 0 saturated carbocycles. The van der Waals surface area contributed by atoms with E-state index in [1.807, 2.05) is 19.1 Å². The van der Waals surface area contributed by atoms with E-state index in [0.29, 0.717) is 48.7 Å². The van der Waals surface area contributed by atoms with Gasteiger partial charge in [0.05, 0.1) is 24.0 Å². The quantitative estimate of drug-likeness (QED) is 0.301. The minimum Gasteiger partial charge on any atom is -0.505 e. The molecule has 0 bridgehead atoms. The summed E-state index contributed by atoms with van der Waals surface area (Å²) in [4.78, 5) is 24.3. The monoisotopic (exact) mass is 491 g/mol. The van der Waals surface area contributed by atoms with Gasteiger partial charge in [-0.2, -0.15) is 0 Å². The third-order valence-corrected chi connectivity index (χ3v) is 6.51. The molecule has 2 aliphatic rings. The third-order valence-electron chi connectivity index (χ3n) is 6.51. The van der Waals surface area contributed by atoms with Crippen molar-refractivity contribution in [1.29, 1.82) is 0 Å². The summed E-state index contributed by atoms with van der Waals surface area (Å²) in [6.45, 7) is 10.2. The van der Waals surface area contributed by atoms with Crippen LogP contribution in [-0.4, -0.2) is 45.6 Å². The molecular weight excluding hydrogens is 458 g/mol. The van der Waals surface area contributed by atoms with E-state index in [1.54, 1.807) is 23.1 Å². The third kappa shape index (κ3) is 4.62. The molecule has 2 aliphatic heterocycles. The molecule has 5 N–H and O–H groups in total. The lowest BCUT2D eigenvalue weighted by molar-refractivity contribution is 0.0790. The van der Waals surface area contributed by atoms with E-state index in [4.69, 9.17) is 14.4 Å². The van der Waals surface area contributed by atoms with E-state index >= 15 is 0 Å². The maximum atomic E-state index is 13.0. The van der Waals surface area contributed by atoms with Crippen LogP contribution in [0.25, 0.3) is 0 Å². The number of aromatic nitrogens is 2. The van der Waals surface area contributed by atoms with Gasteiger partial charge in [0, 0.05) is 13.1 Å². The molecular formula is C26H33N7O3. The van der Waals surface area contributed by atoms with Crippen LogP contribution in [0.4, 0.5) is 29.0 Å². The van der Waals surface area contributed by atoms with Gasteiger partial charge in [-0.15, -0.1) is 0 Å². The number of fused-ring (bicyclic) bond motifs is 1. The number of phenols is 1. The van der Waals surface area contributed by atoms with Crippen LogP contribution >= 0.6 is 0 Å². The first-order valence-corrected chi connectivity index (χ1v) is 12.3. The van der Waals surface area contributed by atoms with Gasteiger partial charge in [-0.05, 0) is 49.4 Å². The minimum atomic E-state index is -0.210. The van der Waals surface area contributed by atoms with Crippen molar-refractivity contribution in [3.63, 3.8) is 0 Å². The highest BCUT2D eigenvalue weighted by atomic mass is 16.3. The highest BCUT2D eigenvalue weighted by Gasteiger charge is 2.31. The number of aromatic hydroxyl groups is 1. The van der Waals surface area contributed by atoms with E-state index in [2.05, 4.69) is 42.0 Å². The lowest BCUT2D eigenvalue weighted by Gasteiger charge is -2.31. The number of carbonyl (C=O) groups is 1. The molecule has 1 saturated heterocycles.